The van der Waals surface area contributed by atoms with E-state index in [0.717, 1.165) is 22.5 Å². The summed E-state index contributed by atoms with van der Waals surface area (Å²) in [5, 5.41) is 10.9. The van der Waals surface area contributed by atoms with Crippen molar-refractivity contribution >= 4 is 21.4 Å². The zero-order valence-electron chi connectivity index (χ0n) is 11.7. The summed E-state index contributed by atoms with van der Waals surface area (Å²) in [5.41, 5.74) is -0.0914. The molecule has 0 fully saturated rings. The second-order valence-electron chi connectivity index (χ2n) is 4.79. The van der Waals surface area contributed by atoms with Gasteiger partial charge >= 0.3 is 0 Å². The number of benzene rings is 2. The topological polar surface area (TPSA) is 89.8 Å². The molecule has 0 aliphatic carbocycles. The Hall–Kier alpha value is -2.68. The van der Waals surface area contributed by atoms with Crippen molar-refractivity contribution in [3.63, 3.8) is 0 Å². The first kappa shape index (κ1) is 15.2. The van der Waals surface area contributed by atoms with Crippen molar-refractivity contribution in [2.75, 3.05) is 17.5 Å². The summed E-state index contributed by atoms with van der Waals surface area (Å²) in [4.78, 5) is 9.93. The van der Waals surface area contributed by atoms with Crippen LogP contribution < -0.4 is 9.04 Å². The highest BCUT2D eigenvalue weighted by Crippen LogP contribution is 2.34. The molecule has 0 aromatic heterocycles. The number of halogens is 1. The number of nitro groups is 1. The lowest BCUT2D eigenvalue weighted by atomic mass is 10.3. The van der Waals surface area contributed by atoms with E-state index in [0.29, 0.717) is 0 Å². The molecule has 0 saturated carbocycles. The molecular weight excluding hydrogens is 327 g/mol. The SMILES string of the molecule is O=[N+]([O-])c1ccc2c(c1)S(=O)(=O)N(c1ccc(F)cc1)CCO2. The number of hydrogen-bond acceptors (Lipinski definition) is 5. The van der Waals surface area contributed by atoms with Gasteiger partial charge in [0.05, 0.1) is 17.2 Å². The summed E-state index contributed by atoms with van der Waals surface area (Å²) < 4.78 is 45.1. The quantitative estimate of drug-likeness (QED) is 0.619. The van der Waals surface area contributed by atoms with E-state index < -0.39 is 20.8 Å². The third-order valence-corrected chi connectivity index (χ3v) is 5.22. The van der Waals surface area contributed by atoms with Gasteiger partial charge in [-0.2, -0.15) is 0 Å². The van der Waals surface area contributed by atoms with Crippen LogP contribution in [0.25, 0.3) is 0 Å². The number of rotatable bonds is 2. The van der Waals surface area contributed by atoms with E-state index >= 15 is 0 Å². The lowest BCUT2D eigenvalue weighted by molar-refractivity contribution is -0.385. The van der Waals surface area contributed by atoms with Crippen molar-refractivity contribution in [1.29, 1.82) is 0 Å². The zero-order valence-corrected chi connectivity index (χ0v) is 12.5. The van der Waals surface area contributed by atoms with E-state index in [1.54, 1.807) is 0 Å². The molecule has 1 aliphatic rings. The van der Waals surface area contributed by atoms with Crippen molar-refractivity contribution in [3.05, 3.63) is 58.4 Å². The molecule has 0 amide bonds. The van der Waals surface area contributed by atoms with E-state index in [-0.39, 0.29) is 35.2 Å². The molecule has 23 heavy (non-hydrogen) atoms. The molecular formula is C14H11FN2O5S. The van der Waals surface area contributed by atoms with Crippen LogP contribution in [-0.2, 0) is 10.0 Å². The number of ether oxygens (including phenoxy) is 1. The summed E-state index contributed by atoms with van der Waals surface area (Å²) in [6.45, 7) is 0.0812. The first-order valence-corrected chi connectivity index (χ1v) is 8.03. The molecule has 0 unspecified atom stereocenters. The predicted molar refractivity (Wildman–Crippen MR) is 79.5 cm³/mol. The molecule has 2 aromatic carbocycles. The van der Waals surface area contributed by atoms with Crippen molar-refractivity contribution in [2.24, 2.45) is 0 Å². The van der Waals surface area contributed by atoms with Gasteiger partial charge < -0.3 is 4.74 Å². The summed E-state index contributed by atoms with van der Waals surface area (Å²) in [6.07, 6.45) is 0. The molecule has 1 heterocycles. The minimum Gasteiger partial charge on any atom is -0.490 e. The molecule has 0 atom stereocenters. The number of hydrogen-bond donors (Lipinski definition) is 0. The third-order valence-electron chi connectivity index (χ3n) is 3.37. The zero-order chi connectivity index (χ0) is 16.6. The average Bonchev–Trinajstić information content (AvgIpc) is 2.64. The van der Waals surface area contributed by atoms with Crippen LogP contribution in [0.2, 0.25) is 0 Å². The van der Waals surface area contributed by atoms with Crippen LogP contribution in [0.3, 0.4) is 0 Å². The summed E-state index contributed by atoms with van der Waals surface area (Å²) in [7, 11) is -4.06. The molecule has 0 saturated heterocycles. The van der Waals surface area contributed by atoms with E-state index in [4.69, 9.17) is 4.74 Å². The van der Waals surface area contributed by atoms with Gasteiger partial charge in [0, 0.05) is 12.1 Å². The Morgan fingerprint density at radius 1 is 1.17 bits per heavy atom. The Bertz CT molecular complexity index is 867. The smallest absolute Gasteiger partial charge is 0.271 e. The Labute approximate surface area is 131 Å². The molecule has 3 rings (SSSR count). The fourth-order valence-corrected chi connectivity index (χ4v) is 3.89. The molecule has 2 aromatic rings. The van der Waals surface area contributed by atoms with Crippen molar-refractivity contribution in [2.45, 2.75) is 4.90 Å². The highest BCUT2D eigenvalue weighted by atomic mass is 32.2. The molecule has 0 radical (unpaired) electrons. The first-order chi connectivity index (χ1) is 10.9. The molecule has 0 bridgehead atoms. The highest BCUT2D eigenvalue weighted by molar-refractivity contribution is 7.93. The normalized spacial score (nSPS) is 16.1. The van der Waals surface area contributed by atoms with Crippen molar-refractivity contribution < 1.29 is 22.5 Å². The summed E-state index contributed by atoms with van der Waals surface area (Å²) in [5.74, 6) is -0.437. The molecule has 7 nitrogen and oxygen atoms in total. The van der Waals surface area contributed by atoms with Crippen molar-refractivity contribution in [1.82, 2.24) is 0 Å². The number of anilines is 1. The predicted octanol–water partition coefficient (Wildman–Crippen LogP) is 2.32. The van der Waals surface area contributed by atoms with Gasteiger partial charge in [0.1, 0.15) is 23.1 Å². The fraction of sp³-hybridized carbons (Fsp3) is 0.143. The Morgan fingerprint density at radius 3 is 2.52 bits per heavy atom. The van der Waals surface area contributed by atoms with Gasteiger partial charge in [-0.05, 0) is 30.3 Å². The molecule has 0 spiro atoms. The summed E-state index contributed by atoms with van der Waals surface area (Å²) in [6, 6.07) is 8.36. The Balaban J connectivity index is 2.14. The Kier molecular flexibility index (Phi) is 3.64. The molecule has 1 aliphatic heterocycles. The minimum absolute atomic E-state index is 0.0104. The first-order valence-electron chi connectivity index (χ1n) is 6.59. The number of non-ortho nitro benzene ring substituents is 1. The maximum Gasteiger partial charge on any atom is 0.271 e. The van der Waals surface area contributed by atoms with Crippen LogP contribution in [-0.4, -0.2) is 26.5 Å². The summed E-state index contributed by atoms with van der Waals surface area (Å²) >= 11 is 0. The van der Waals surface area contributed by atoms with E-state index in [2.05, 4.69) is 0 Å². The maximum atomic E-state index is 13.0. The van der Waals surface area contributed by atoms with Crippen LogP contribution in [0.4, 0.5) is 15.8 Å². The molecule has 0 N–H and O–H groups in total. The second-order valence-corrected chi connectivity index (χ2v) is 6.62. The van der Waals surface area contributed by atoms with Gasteiger partial charge in [-0.25, -0.2) is 12.8 Å². The lowest BCUT2D eigenvalue weighted by Gasteiger charge is -2.21. The van der Waals surface area contributed by atoms with E-state index in [1.165, 1.54) is 24.3 Å². The van der Waals surface area contributed by atoms with Crippen LogP contribution in [0.15, 0.2) is 47.4 Å². The maximum absolute atomic E-state index is 13.0. The third kappa shape index (κ3) is 2.70. The van der Waals surface area contributed by atoms with E-state index in [1.807, 2.05) is 0 Å². The largest absolute Gasteiger partial charge is 0.490 e. The second kappa shape index (κ2) is 5.51. The number of fused-ring (bicyclic) bond motifs is 1. The monoisotopic (exact) mass is 338 g/mol. The standard InChI is InChI=1S/C14H11FN2O5S/c15-10-1-3-11(4-2-10)16-7-8-22-13-6-5-12(17(18)19)9-14(13)23(16,20)21/h1-6,9H,7-8H2. The fourth-order valence-electron chi connectivity index (χ4n) is 2.28. The average molecular weight is 338 g/mol. The molecule has 9 heteroatoms. The van der Waals surface area contributed by atoms with Gasteiger partial charge in [0.25, 0.3) is 15.7 Å². The lowest BCUT2D eigenvalue weighted by Crippen LogP contribution is -2.32. The van der Waals surface area contributed by atoms with Crippen LogP contribution in [0, 0.1) is 15.9 Å². The number of nitro benzene ring substituents is 1. The van der Waals surface area contributed by atoms with Crippen LogP contribution >= 0.6 is 0 Å². The van der Waals surface area contributed by atoms with Crippen molar-refractivity contribution in [3.8, 4) is 5.75 Å². The van der Waals surface area contributed by atoms with Gasteiger partial charge in [-0.3, -0.25) is 14.4 Å². The van der Waals surface area contributed by atoms with E-state index in [9.17, 15) is 22.9 Å². The molecule has 120 valence electrons. The van der Waals surface area contributed by atoms with Crippen LogP contribution in [0.1, 0.15) is 0 Å². The highest BCUT2D eigenvalue weighted by Gasteiger charge is 2.32. The minimum atomic E-state index is -4.06. The van der Waals surface area contributed by atoms with Gasteiger partial charge in [-0.1, -0.05) is 0 Å². The van der Waals surface area contributed by atoms with Gasteiger partial charge in [0.2, 0.25) is 0 Å². The number of nitrogens with zero attached hydrogens (tertiary/aromatic N) is 2. The van der Waals surface area contributed by atoms with Gasteiger partial charge in [-0.15, -0.1) is 0 Å². The van der Waals surface area contributed by atoms with Crippen LogP contribution in [0.5, 0.6) is 5.75 Å². The number of sulfonamides is 1. The Morgan fingerprint density at radius 2 is 1.87 bits per heavy atom. The van der Waals surface area contributed by atoms with Gasteiger partial charge in [0.15, 0.2) is 0 Å².